The van der Waals surface area contributed by atoms with Crippen molar-refractivity contribution in [3.05, 3.63) is 59.4 Å². The predicted molar refractivity (Wildman–Crippen MR) is 106 cm³/mol. The Hall–Kier alpha value is -2.51. The second-order valence-corrected chi connectivity index (χ2v) is 7.16. The number of anilines is 1. The summed E-state index contributed by atoms with van der Waals surface area (Å²) < 4.78 is 18.9. The quantitative estimate of drug-likeness (QED) is 0.543. The van der Waals surface area contributed by atoms with Crippen LogP contribution in [0.25, 0.3) is 11.3 Å². The summed E-state index contributed by atoms with van der Waals surface area (Å²) in [4.78, 5) is 12.6. The van der Waals surface area contributed by atoms with Crippen molar-refractivity contribution in [3.63, 3.8) is 0 Å². The molecule has 0 aliphatic rings. The van der Waals surface area contributed by atoms with Gasteiger partial charge in [0.2, 0.25) is 5.91 Å². The first kappa shape index (κ1) is 19.3. The van der Waals surface area contributed by atoms with Gasteiger partial charge < -0.3 is 10.1 Å². The van der Waals surface area contributed by atoms with Gasteiger partial charge in [-0.2, -0.15) is 5.10 Å². The highest BCUT2D eigenvalue weighted by atomic mass is 35.5. The third kappa shape index (κ3) is 5.02. The van der Waals surface area contributed by atoms with Crippen LogP contribution >= 0.6 is 23.4 Å². The Kier molecular flexibility index (Phi) is 6.36. The molecule has 140 valence electrons. The molecule has 5 nitrogen and oxygen atoms in total. The number of carbonyl (C=O) groups excluding carboxylic acids is 1. The first-order valence-electron chi connectivity index (χ1n) is 8.13. The zero-order valence-electron chi connectivity index (χ0n) is 14.5. The van der Waals surface area contributed by atoms with Crippen molar-refractivity contribution in [1.29, 1.82) is 0 Å². The van der Waals surface area contributed by atoms with E-state index in [-0.39, 0.29) is 18.1 Å². The molecule has 0 spiro atoms. The first-order chi connectivity index (χ1) is 13.1. The maximum atomic E-state index is 13.6. The Labute approximate surface area is 165 Å². The lowest BCUT2D eigenvalue weighted by Gasteiger charge is -2.06. The SMILES string of the molecule is COc1ccc(Cl)cc1-c1cc(NC(=O)CCSc2ccccc2F)n[nH]1. The molecule has 0 unspecified atom stereocenters. The van der Waals surface area contributed by atoms with Crippen molar-refractivity contribution in [2.75, 3.05) is 18.2 Å². The van der Waals surface area contributed by atoms with Crippen LogP contribution in [0.2, 0.25) is 5.02 Å². The summed E-state index contributed by atoms with van der Waals surface area (Å²) >= 11 is 7.34. The van der Waals surface area contributed by atoms with Crippen LogP contribution in [0.4, 0.5) is 10.2 Å². The minimum atomic E-state index is -0.282. The Balaban J connectivity index is 1.58. The number of benzene rings is 2. The number of ether oxygens (including phenoxy) is 1. The fourth-order valence-electron chi connectivity index (χ4n) is 2.44. The largest absolute Gasteiger partial charge is 0.496 e. The summed E-state index contributed by atoms with van der Waals surface area (Å²) in [5.41, 5.74) is 1.42. The molecule has 0 saturated carbocycles. The highest BCUT2D eigenvalue weighted by Crippen LogP contribution is 2.32. The molecule has 1 heterocycles. The van der Waals surface area contributed by atoms with Gasteiger partial charge in [-0.15, -0.1) is 11.8 Å². The van der Waals surface area contributed by atoms with E-state index in [0.717, 1.165) is 5.56 Å². The minimum absolute atomic E-state index is 0.199. The Morgan fingerprint density at radius 1 is 1.30 bits per heavy atom. The van der Waals surface area contributed by atoms with E-state index in [2.05, 4.69) is 15.5 Å². The monoisotopic (exact) mass is 405 g/mol. The van der Waals surface area contributed by atoms with Gasteiger partial charge in [-0.3, -0.25) is 9.89 Å². The number of carbonyl (C=O) groups is 1. The van der Waals surface area contributed by atoms with Gasteiger partial charge in [-0.1, -0.05) is 23.7 Å². The van der Waals surface area contributed by atoms with Gasteiger partial charge in [0, 0.05) is 33.7 Å². The lowest BCUT2D eigenvalue weighted by atomic mass is 10.1. The van der Waals surface area contributed by atoms with Gasteiger partial charge in [0.25, 0.3) is 0 Å². The molecule has 1 aromatic heterocycles. The Bertz CT molecular complexity index is 948. The maximum Gasteiger partial charge on any atom is 0.226 e. The van der Waals surface area contributed by atoms with Crippen LogP contribution in [0.15, 0.2) is 53.4 Å². The van der Waals surface area contributed by atoms with Gasteiger partial charge in [0.15, 0.2) is 5.82 Å². The second-order valence-electron chi connectivity index (χ2n) is 5.59. The molecule has 27 heavy (non-hydrogen) atoms. The highest BCUT2D eigenvalue weighted by molar-refractivity contribution is 7.99. The van der Waals surface area contributed by atoms with Crippen molar-refractivity contribution in [2.24, 2.45) is 0 Å². The lowest BCUT2D eigenvalue weighted by Crippen LogP contribution is -2.12. The van der Waals surface area contributed by atoms with Crippen molar-refractivity contribution >= 4 is 35.1 Å². The number of hydrogen-bond donors (Lipinski definition) is 2. The van der Waals surface area contributed by atoms with E-state index in [1.54, 1.807) is 49.6 Å². The number of aromatic nitrogens is 2. The fourth-order valence-corrected chi connectivity index (χ4v) is 3.50. The van der Waals surface area contributed by atoms with E-state index < -0.39 is 0 Å². The third-order valence-corrected chi connectivity index (χ3v) is 5.01. The Morgan fingerprint density at radius 2 is 2.11 bits per heavy atom. The van der Waals surface area contributed by atoms with Gasteiger partial charge >= 0.3 is 0 Å². The molecular weight excluding hydrogens is 389 g/mol. The van der Waals surface area contributed by atoms with Crippen LogP contribution in [0, 0.1) is 5.82 Å². The molecule has 0 aliphatic carbocycles. The number of rotatable bonds is 7. The summed E-state index contributed by atoms with van der Waals surface area (Å²) in [5.74, 6) is 1.02. The lowest BCUT2D eigenvalue weighted by molar-refractivity contribution is -0.115. The molecule has 0 fully saturated rings. The van der Waals surface area contributed by atoms with Gasteiger partial charge in [0.1, 0.15) is 11.6 Å². The number of hydrogen-bond acceptors (Lipinski definition) is 4. The van der Waals surface area contributed by atoms with Gasteiger partial charge in [0.05, 0.1) is 12.8 Å². The van der Waals surface area contributed by atoms with E-state index in [4.69, 9.17) is 16.3 Å². The molecule has 1 amide bonds. The number of nitrogens with one attached hydrogen (secondary N) is 2. The van der Waals surface area contributed by atoms with Crippen LogP contribution in [-0.4, -0.2) is 29.0 Å². The van der Waals surface area contributed by atoms with Crippen LogP contribution < -0.4 is 10.1 Å². The van der Waals surface area contributed by atoms with Gasteiger partial charge in [-0.25, -0.2) is 4.39 Å². The molecule has 0 aliphatic heterocycles. The molecule has 0 atom stereocenters. The summed E-state index contributed by atoms with van der Waals surface area (Å²) in [6, 6.07) is 13.4. The average Bonchev–Trinajstić information content (AvgIpc) is 3.11. The number of methoxy groups -OCH3 is 1. The third-order valence-electron chi connectivity index (χ3n) is 3.72. The highest BCUT2D eigenvalue weighted by Gasteiger charge is 2.12. The van der Waals surface area contributed by atoms with Crippen LogP contribution in [0.3, 0.4) is 0 Å². The average molecular weight is 406 g/mol. The number of thioether (sulfide) groups is 1. The van der Waals surface area contributed by atoms with Crippen molar-refractivity contribution in [2.45, 2.75) is 11.3 Å². The summed E-state index contributed by atoms with van der Waals surface area (Å²) in [6.07, 6.45) is 0.238. The van der Waals surface area contributed by atoms with Crippen LogP contribution in [0.1, 0.15) is 6.42 Å². The summed E-state index contributed by atoms with van der Waals surface area (Å²) in [7, 11) is 1.57. The van der Waals surface area contributed by atoms with Crippen molar-refractivity contribution in [1.82, 2.24) is 10.2 Å². The Morgan fingerprint density at radius 3 is 2.89 bits per heavy atom. The van der Waals surface area contributed by atoms with Crippen LogP contribution in [-0.2, 0) is 4.79 Å². The zero-order valence-corrected chi connectivity index (χ0v) is 16.0. The molecular formula is C19H17ClFN3O2S. The predicted octanol–water partition coefficient (Wildman–Crippen LogP) is 5.00. The molecule has 3 rings (SSSR count). The summed E-state index contributed by atoms with van der Waals surface area (Å²) in [5, 5.41) is 10.2. The molecule has 0 saturated heterocycles. The van der Waals surface area contributed by atoms with E-state index in [1.807, 2.05) is 0 Å². The van der Waals surface area contributed by atoms with E-state index in [9.17, 15) is 9.18 Å². The molecule has 0 bridgehead atoms. The maximum absolute atomic E-state index is 13.6. The van der Waals surface area contributed by atoms with E-state index in [0.29, 0.717) is 32.9 Å². The van der Waals surface area contributed by atoms with Crippen molar-refractivity contribution in [3.8, 4) is 17.0 Å². The number of H-pyrrole nitrogens is 1. The van der Waals surface area contributed by atoms with Crippen molar-refractivity contribution < 1.29 is 13.9 Å². The molecule has 2 aromatic carbocycles. The minimum Gasteiger partial charge on any atom is -0.496 e. The molecule has 0 radical (unpaired) electrons. The van der Waals surface area contributed by atoms with Gasteiger partial charge in [-0.05, 0) is 30.3 Å². The smallest absolute Gasteiger partial charge is 0.226 e. The first-order valence-corrected chi connectivity index (χ1v) is 9.49. The number of amides is 1. The van der Waals surface area contributed by atoms with E-state index >= 15 is 0 Å². The van der Waals surface area contributed by atoms with Crippen LogP contribution in [0.5, 0.6) is 5.75 Å². The zero-order chi connectivity index (χ0) is 19.2. The second kappa shape index (κ2) is 8.92. The molecule has 2 N–H and O–H groups in total. The van der Waals surface area contributed by atoms with E-state index in [1.165, 1.54) is 17.8 Å². The number of halogens is 2. The number of nitrogens with zero attached hydrogens (tertiary/aromatic N) is 1. The topological polar surface area (TPSA) is 67.0 Å². The summed E-state index contributed by atoms with van der Waals surface area (Å²) in [6.45, 7) is 0. The standard InChI is InChI=1S/C19H17ClFN3O2S/c1-26-16-7-6-12(20)10-13(16)15-11-18(24-23-15)22-19(25)8-9-27-17-5-3-2-4-14(17)21/h2-7,10-11H,8-9H2,1H3,(H2,22,23,24,25). The molecule has 3 aromatic rings. The molecule has 8 heteroatoms. The number of aromatic amines is 1. The fraction of sp³-hybridized carbons (Fsp3) is 0.158. The normalized spacial score (nSPS) is 10.6.